The van der Waals surface area contributed by atoms with E-state index in [0.717, 1.165) is 17.0 Å². The summed E-state index contributed by atoms with van der Waals surface area (Å²) in [5.74, 6) is 0.468. The number of aryl methyl sites for hydroxylation is 2. The number of benzene rings is 1. The maximum Gasteiger partial charge on any atom is 0.141 e. The molecule has 0 spiro atoms. The van der Waals surface area contributed by atoms with Gasteiger partial charge >= 0.3 is 0 Å². The average molecular weight is 350 g/mol. The van der Waals surface area contributed by atoms with Crippen LogP contribution in [0.4, 0.5) is 10.1 Å². The van der Waals surface area contributed by atoms with Crippen molar-refractivity contribution in [2.75, 3.05) is 11.9 Å². The highest BCUT2D eigenvalue weighted by Gasteiger charge is 2.10. The number of aromatic nitrogens is 2. The zero-order valence-corrected chi connectivity index (χ0v) is 14.9. The number of nitrogens with zero attached hydrogens (tertiary/aromatic N) is 3. The van der Waals surface area contributed by atoms with E-state index in [1.54, 1.807) is 28.8 Å². The van der Waals surface area contributed by atoms with Gasteiger partial charge in [-0.2, -0.15) is 5.10 Å². The molecule has 0 aliphatic carbocycles. The van der Waals surface area contributed by atoms with Crippen LogP contribution >= 0.6 is 11.6 Å². The first-order valence-electron chi connectivity index (χ1n) is 7.36. The maximum absolute atomic E-state index is 13.3. The molecule has 5 nitrogen and oxygen atoms in total. The standard InChI is InChI=1S/C17H21ClFN5/c1-10(7-16(20)24-12(3)8-11(2)22-24)17(21)23(4)13-5-6-15(19)14(18)9-13/h5-9H,20-21H2,1-4H3/b16-7+,17-10+. The minimum atomic E-state index is -0.471. The first kappa shape index (κ1) is 17.9. The third-order valence-corrected chi connectivity index (χ3v) is 3.96. The van der Waals surface area contributed by atoms with Crippen molar-refractivity contribution in [3.8, 4) is 0 Å². The summed E-state index contributed by atoms with van der Waals surface area (Å²) in [6.45, 7) is 5.67. The lowest BCUT2D eigenvalue weighted by Gasteiger charge is -2.21. The molecule has 0 fully saturated rings. The second kappa shape index (κ2) is 6.97. The van der Waals surface area contributed by atoms with Crippen molar-refractivity contribution in [3.05, 3.63) is 64.0 Å². The number of allylic oxidation sites excluding steroid dienone is 2. The topological polar surface area (TPSA) is 73.1 Å². The fourth-order valence-electron chi connectivity index (χ4n) is 2.34. The number of halogens is 2. The van der Waals surface area contributed by atoms with Gasteiger partial charge in [0.1, 0.15) is 17.5 Å². The molecule has 7 heteroatoms. The van der Waals surface area contributed by atoms with Gasteiger partial charge in [-0.15, -0.1) is 0 Å². The molecule has 1 aromatic carbocycles. The van der Waals surface area contributed by atoms with Crippen LogP contribution in [-0.2, 0) is 0 Å². The predicted molar refractivity (Wildman–Crippen MR) is 96.9 cm³/mol. The zero-order valence-electron chi connectivity index (χ0n) is 14.1. The summed E-state index contributed by atoms with van der Waals surface area (Å²) in [7, 11) is 1.77. The second-order valence-electron chi connectivity index (χ2n) is 5.63. The van der Waals surface area contributed by atoms with Crippen LogP contribution in [0.2, 0.25) is 5.02 Å². The molecule has 1 aromatic heterocycles. The lowest BCUT2D eigenvalue weighted by atomic mass is 10.2. The normalized spacial score (nSPS) is 13.0. The van der Waals surface area contributed by atoms with E-state index in [2.05, 4.69) is 5.10 Å². The Morgan fingerprint density at radius 3 is 2.50 bits per heavy atom. The largest absolute Gasteiger partial charge is 0.385 e. The third-order valence-electron chi connectivity index (χ3n) is 3.67. The van der Waals surface area contributed by atoms with Gasteiger partial charge in [-0.25, -0.2) is 9.07 Å². The Bertz CT molecular complexity index is 822. The zero-order chi connectivity index (χ0) is 18.0. The highest BCUT2D eigenvalue weighted by Crippen LogP contribution is 2.24. The molecule has 0 radical (unpaired) electrons. The molecular weight excluding hydrogens is 329 g/mol. The van der Waals surface area contributed by atoms with Crippen molar-refractivity contribution in [1.29, 1.82) is 0 Å². The second-order valence-corrected chi connectivity index (χ2v) is 6.04. The Kier molecular flexibility index (Phi) is 5.19. The van der Waals surface area contributed by atoms with Crippen molar-refractivity contribution in [2.24, 2.45) is 11.5 Å². The molecule has 2 aromatic rings. The minimum absolute atomic E-state index is 0.0440. The SMILES string of the molecule is CC(/C=C(\N)n1nc(C)cc1C)=C(/N)N(C)c1ccc(F)c(Cl)c1. The van der Waals surface area contributed by atoms with Gasteiger partial charge in [-0.1, -0.05) is 11.6 Å². The number of hydrogen-bond acceptors (Lipinski definition) is 4. The molecule has 0 aliphatic heterocycles. The van der Waals surface area contributed by atoms with Gasteiger partial charge in [-0.05, 0) is 56.7 Å². The minimum Gasteiger partial charge on any atom is -0.385 e. The summed E-state index contributed by atoms with van der Waals surface area (Å²) in [6, 6.07) is 6.37. The fourth-order valence-corrected chi connectivity index (χ4v) is 2.52. The van der Waals surface area contributed by atoms with Crippen molar-refractivity contribution in [3.63, 3.8) is 0 Å². The third kappa shape index (κ3) is 3.71. The van der Waals surface area contributed by atoms with Gasteiger partial charge in [0.15, 0.2) is 0 Å². The van der Waals surface area contributed by atoms with E-state index >= 15 is 0 Å². The van der Waals surface area contributed by atoms with E-state index in [4.69, 9.17) is 23.1 Å². The van der Waals surface area contributed by atoms with Gasteiger partial charge in [0.25, 0.3) is 0 Å². The molecule has 128 valence electrons. The molecule has 0 bridgehead atoms. The van der Waals surface area contributed by atoms with Gasteiger partial charge in [-0.3, -0.25) is 0 Å². The molecule has 2 rings (SSSR count). The fraction of sp³-hybridized carbons (Fsp3) is 0.235. The number of nitrogens with two attached hydrogens (primary N) is 2. The van der Waals surface area contributed by atoms with Crippen LogP contribution < -0.4 is 16.4 Å². The van der Waals surface area contributed by atoms with E-state index in [0.29, 0.717) is 17.3 Å². The summed E-state index contributed by atoms with van der Waals surface area (Å²) >= 11 is 5.82. The Labute approximate surface area is 146 Å². The molecule has 0 aliphatic rings. The van der Waals surface area contributed by atoms with Crippen molar-refractivity contribution < 1.29 is 4.39 Å². The van der Waals surface area contributed by atoms with E-state index in [1.165, 1.54) is 12.1 Å². The van der Waals surface area contributed by atoms with Crippen LogP contribution in [0.5, 0.6) is 0 Å². The number of anilines is 1. The van der Waals surface area contributed by atoms with Crippen LogP contribution in [0.25, 0.3) is 5.82 Å². The van der Waals surface area contributed by atoms with Gasteiger partial charge < -0.3 is 16.4 Å². The first-order chi connectivity index (χ1) is 11.2. The van der Waals surface area contributed by atoms with Crippen LogP contribution in [0.15, 0.2) is 41.7 Å². The maximum atomic E-state index is 13.3. The Morgan fingerprint density at radius 2 is 1.96 bits per heavy atom. The van der Waals surface area contributed by atoms with E-state index in [9.17, 15) is 4.39 Å². The van der Waals surface area contributed by atoms with Gasteiger partial charge in [0.05, 0.1) is 10.7 Å². The van der Waals surface area contributed by atoms with Crippen molar-refractivity contribution >= 4 is 23.1 Å². The highest BCUT2D eigenvalue weighted by atomic mass is 35.5. The average Bonchev–Trinajstić information content (AvgIpc) is 2.87. The van der Waals surface area contributed by atoms with Crippen LogP contribution in [-0.4, -0.2) is 16.8 Å². The van der Waals surface area contributed by atoms with E-state index < -0.39 is 5.82 Å². The van der Waals surface area contributed by atoms with Crippen molar-refractivity contribution in [2.45, 2.75) is 20.8 Å². The summed E-state index contributed by atoms with van der Waals surface area (Å²) in [6.07, 6.45) is 1.75. The van der Waals surface area contributed by atoms with Crippen LogP contribution in [0.3, 0.4) is 0 Å². The Hall–Kier alpha value is -2.47. The molecule has 1 heterocycles. The van der Waals surface area contributed by atoms with Gasteiger partial charge in [0, 0.05) is 18.4 Å². The van der Waals surface area contributed by atoms with E-state index in [-0.39, 0.29) is 5.02 Å². The molecule has 0 amide bonds. The number of rotatable bonds is 4. The highest BCUT2D eigenvalue weighted by molar-refractivity contribution is 6.31. The quantitative estimate of drug-likeness (QED) is 0.830. The van der Waals surface area contributed by atoms with Crippen molar-refractivity contribution in [1.82, 2.24) is 9.78 Å². The molecular formula is C17H21ClFN5. The van der Waals surface area contributed by atoms with E-state index in [1.807, 2.05) is 26.8 Å². The van der Waals surface area contributed by atoms with Gasteiger partial charge in [0.2, 0.25) is 0 Å². The molecule has 0 atom stereocenters. The molecule has 24 heavy (non-hydrogen) atoms. The summed E-state index contributed by atoms with van der Waals surface area (Å²) in [5.41, 5.74) is 15.6. The lowest BCUT2D eigenvalue weighted by molar-refractivity contribution is 0.628. The first-order valence-corrected chi connectivity index (χ1v) is 7.74. The lowest BCUT2D eigenvalue weighted by Crippen LogP contribution is -2.24. The Balaban J connectivity index is 2.33. The summed E-state index contributed by atoms with van der Waals surface area (Å²) in [4.78, 5) is 1.71. The predicted octanol–water partition coefficient (Wildman–Crippen LogP) is 3.38. The smallest absolute Gasteiger partial charge is 0.141 e. The van der Waals surface area contributed by atoms with Crippen LogP contribution in [0, 0.1) is 19.7 Å². The summed E-state index contributed by atoms with van der Waals surface area (Å²) < 4.78 is 14.9. The monoisotopic (exact) mass is 349 g/mol. The van der Waals surface area contributed by atoms with Crippen LogP contribution in [0.1, 0.15) is 18.3 Å². The molecule has 0 saturated heterocycles. The molecule has 0 unspecified atom stereocenters. The molecule has 0 saturated carbocycles. The number of hydrogen-bond donors (Lipinski definition) is 2. The molecule has 4 N–H and O–H groups in total. The summed E-state index contributed by atoms with van der Waals surface area (Å²) in [5, 5.41) is 4.38. The Morgan fingerprint density at radius 1 is 1.29 bits per heavy atom.